The molecule has 0 aliphatic rings. The quantitative estimate of drug-likeness (QED) is 0.403. The molecule has 0 saturated heterocycles. The van der Waals surface area contributed by atoms with Crippen LogP contribution in [0, 0.1) is 0 Å². The SMILES string of the molecule is COc1ccc(N=c2scc(-c3ccc(S(=O)(=O)N(C)C)cc3)n2Cc2ccco2)cc1. The van der Waals surface area contributed by atoms with E-state index in [0.717, 1.165) is 33.3 Å². The Balaban J connectivity index is 1.77. The first-order valence-electron chi connectivity index (χ1n) is 9.81. The fourth-order valence-corrected chi connectivity index (χ4v) is 4.97. The number of sulfonamides is 1. The second-order valence-electron chi connectivity index (χ2n) is 7.19. The van der Waals surface area contributed by atoms with E-state index >= 15 is 0 Å². The zero-order valence-electron chi connectivity index (χ0n) is 17.9. The lowest BCUT2D eigenvalue weighted by Gasteiger charge is -2.12. The molecule has 0 fully saturated rings. The summed E-state index contributed by atoms with van der Waals surface area (Å²) < 4.78 is 38.8. The molecule has 166 valence electrons. The maximum absolute atomic E-state index is 12.4. The molecule has 2 heterocycles. The Labute approximate surface area is 190 Å². The van der Waals surface area contributed by atoms with Crippen molar-refractivity contribution in [2.24, 2.45) is 4.99 Å². The Kier molecular flexibility index (Phi) is 6.31. The molecule has 0 atom stereocenters. The minimum absolute atomic E-state index is 0.252. The van der Waals surface area contributed by atoms with Gasteiger partial charge in [0.2, 0.25) is 10.0 Å². The molecule has 7 nitrogen and oxygen atoms in total. The summed E-state index contributed by atoms with van der Waals surface area (Å²) in [6.07, 6.45) is 1.64. The molecular formula is C23H23N3O4S2. The highest BCUT2D eigenvalue weighted by Gasteiger charge is 2.17. The minimum Gasteiger partial charge on any atom is -0.497 e. The van der Waals surface area contributed by atoms with Crippen LogP contribution < -0.4 is 9.54 Å². The second kappa shape index (κ2) is 9.15. The van der Waals surface area contributed by atoms with Crippen LogP contribution in [0.15, 0.2) is 86.6 Å². The summed E-state index contributed by atoms with van der Waals surface area (Å²) >= 11 is 1.51. The van der Waals surface area contributed by atoms with Crippen molar-refractivity contribution in [1.82, 2.24) is 8.87 Å². The smallest absolute Gasteiger partial charge is 0.242 e. The number of methoxy groups -OCH3 is 1. The average Bonchev–Trinajstić information content (AvgIpc) is 3.45. The van der Waals surface area contributed by atoms with Crippen molar-refractivity contribution in [3.63, 3.8) is 0 Å². The van der Waals surface area contributed by atoms with E-state index in [2.05, 4.69) is 4.57 Å². The molecule has 32 heavy (non-hydrogen) atoms. The van der Waals surface area contributed by atoms with Crippen LogP contribution in [-0.2, 0) is 16.6 Å². The van der Waals surface area contributed by atoms with Crippen molar-refractivity contribution in [2.75, 3.05) is 21.2 Å². The van der Waals surface area contributed by atoms with Crippen molar-refractivity contribution >= 4 is 27.0 Å². The molecule has 0 bridgehead atoms. The fourth-order valence-electron chi connectivity index (χ4n) is 3.14. The van der Waals surface area contributed by atoms with Gasteiger partial charge in [-0.15, -0.1) is 11.3 Å². The first-order valence-corrected chi connectivity index (χ1v) is 12.1. The molecule has 0 N–H and O–H groups in total. The molecule has 0 amide bonds. The third-order valence-corrected chi connectivity index (χ3v) is 7.61. The number of hydrogen-bond acceptors (Lipinski definition) is 6. The van der Waals surface area contributed by atoms with Gasteiger partial charge in [0.15, 0.2) is 4.80 Å². The molecule has 0 aliphatic carbocycles. The largest absolute Gasteiger partial charge is 0.497 e. The van der Waals surface area contributed by atoms with Gasteiger partial charge in [-0.1, -0.05) is 12.1 Å². The van der Waals surface area contributed by atoms with Crippen LogP contribution in [0.25, 0.3) is 11.3 Å². The van der Waals surface area contributed by atoms with Crippen molar-refractivity contribution < 1.29 is 17.6 Å². The van der Waals surface area contributed by atoms with Gasteiger partial charge in [-0.3, -0.25) is 0 Å². The average molecular weight is 470 g/mol. The topological polar surface area (TPSA) is 77.0 Å². The van der Waals surface area contributed by atoms with Gasteiger partial charge in [-0.25, -0.2) is 17.7 Å². The number of thiazole rings is 1. The Bertz CT molecular complexity index is 1350. The van der Waals surface area contributed by atoms with Gasteiger partial charge in [-0.05, 0) is 54.1 Å². The highest BCUT2D eigenvalue weighted by atomic mass is 32.2. The van der Waals surface area contributed by atoms with Crippen LogP contribution in [0.5, 0.6) is 5.75 Å². The molecule has 0 radical (unpaired) electrons. The van der Waals surface area contributed by atoms with Crippen LogP contribution in [0.1, 0.15) is 5.76 Å². The van der Waals surface area contributed by atoms with Gasteiger partial charge >= 0.3 is 0 Å². The number of benzene rings is 2. The van der Waals surface area contributed by atoms with Crippen LogP contribution in [0.3, 0.4) is 0 Å². The normalized spacial score (nSPS) is 12.4. The number of furan rings is 1. The van der Waals surface area contributed by atoms with Crippen LogP contribution >= 0.6 is 11.3 Å². The zero-order valence-corrected chi connectivity index (χ0v) is 19.6. The van der Waals surface area contributed by atoms with E-state index in [-0.39, 0.29) is 4.90 Å². The lowest BCUT2D eigenvalue weighted by molar-refractivity contribution is 0.415. The lowest BCUT2D eigenvalue weighted by Crippen LogP contribution is -2.22. The molecule has 9 heteroatoms. The molecular weight excluding hydrogens is 446 g/mol. The monoisotopic (exact) mass is 469 g/mol. The highest BCUT2D eigenvalue weighted by molar-refractivity contribution is 7.89. The Morgan fingerprint density at radius 2 is 1.78 bits per heavy atom. The molecule has 4 rings (SSSR count). The summed E-state index contributed by atoms with van der Waals surface area (Å²) in [5.74, 6) is 1.57. The molecule has 0 saturated carbocycles. The predicted octanol–water partition coefficient (Wildman–Crippen LogP) is 4.35. The summed E-state index contributed by atoms with van der Waals surface area (Å²) in [4.78, 5) is 5.85. The van der Waals surface area contributed by atoms with E-state index in [1.165, 1.54) is 29.7 Å². The Morgan fingerprint density at radius 3 is 2.38 bits per heavy atom. The molecule has 2 aromatic heterocycles. The number of aromatic nitrogens is 1. The molecule has 4 aromatic rings. The summed E-state index contributed by atoms with van der Waals surface area (Å²) in [5, 5.41) is 2.01. The van der Waals surface area contributed by atoms with Crippen molar-refractivity contribution in [3.8, 4) is 17.0 Å². The number of nitrogens with zero attached hydrogens (tertiary/aromatic N) is 3. The second-order valence-corrected chi connectivity index (χ2v) is 10.2. The summed E-state index contributed by atoms with van der Waals surface area (Å²) in [6, 6.07) is 18.2. The summed E-state index contributed by atoms with van der Waals surface area (Å²) in [7, 11) is 1.19. The molecule has 0 aliphatic heterocycles. The summed E-state index contributed by atoms with van der Waals surface area (Å²) in [6.45, 7) is 0.499. The summed E-state index contributed by atoms with van der Waals surface area (Å²) in [5.41, 5.74) is 2.62. The van der Waals surface area contributed by atoms with Gasteiger partial charge < -0.3 is 13.7 Å². The van der Waals surface area contributed by atoms with Gasteiger partial charge in [0.1, 0.15) is 11.5 Å². The van der Waals surface area contributed by atoms with Gasteiger partial charge in [-0.2, -0.15) is 0 Å². The third-order valence-electron chi connectivity index (χ3n) is 4.92. The highest BCUT2D eigenvalue weighted by Crippen LogP contribution is 2.25. The molecule has 0 spiro atoms. The Morgan fingerprint density at radius 1 is 1.06 bits per heavy atom. The lowest BCUT2D eigenvalue weighted by atomic mass is 10.2. The number of hydrogen-bond donors (Lipinski definition) is 0. The van der Waals surface area contributed by atoms with Crippen molar-refractivity contribution in [1.29, 1.82) is 0 Å². The first-order chi connectivity index (χ1) is 15.4. The number of ether oxygens (including phenoxy) is 1. The van der Waals surface area contributed by atoms with Crippen LogP contribution in [0.4, 0.5) is 5.69 Å². The van der Waals surface area contributed by atoms with Crippen LogP contribution in [-0.4, -0.2) is 38.5 Å². The van der Waals surface area contributed by atoms with Crippen molar-refractivity contribution in [2.45, 2.75) is 11.4 Å². The van der Waals surface area contributed by atoms with E-state index in [0.29, 0.717) is 6.54 Å². The number of rotatable bonds is 7. The maximum atomic E-state index is 12.4. The minimum atomic E-state index is -3.48. The van der Waals surface area contributed by atoms with Gasteiger partial charge in [0.25, 0.3) is 0 Å². The standard InChI is InChI=1S/C23H23N3O4S2/c1-25(2)32(27,28)21-12-6-17(7-13-21)22-16-31-23(26(22)15-20-5-4-14-30-20)24-18-8-10-19(29-3)11-9-18/h4-14,16H,15H2,1-3H3. The van der Waals surface area contributed by atoms with Crippen molar-refractivity contribution in [3.05, 3.63) is 82.9 Å². The van der Waals surface area contributed by atoms with E-state index in [1.807, 2.05) is 53.9 Å². The van der Waals surface area contributed by atoms with Crippen LogP contribution in [0.2, 0.25) is 0 Å². The predicted molar refractivity (Wildman–Crippen MR) is 125 cm³/mol. The fraction of sp³-hybridized carbons (Fsp3) is 0.174. The van der Waals surface area contributed by atoms with E-state index < -0.39 is 10.0 Å². The molecule has 2 aromatic carbocycles. The molecule has 0 unspecified atom stereocenters. The van der Waals surface area contributed by atoms with E-state index in [4.69, 9.17) is 14.1 Å². The van der Waals surface area contributed by atoms with E-state index in [9.17, 15) is 8.42 Å². The maximum Gasteiger partial charge on any atom is 0.242 e. The van der Waals surface area contributed by atoms with Gasteiger partial charge in [0.05, 0.1) is 36.2 Å². The van der Waals surface area contributed by atoms with Gasteiger partial charge in [0, 0.05) is 19.5 Å². The third kappa shape index (κ3) is 4.55. The Hall–Kier alpha value is -3.14. The van der Waals surface area contributed by atoms with E-state index in [1.54, 1.807) is 25.5 Å². The zero-order chi connectivity index (χ0) is 22.7. The first kappa shape index (κ1) is 22.1.